The van der Waals surface area contributed by atoms with E-state index < -0.39 is 12.0 Å². The molecule has 4 rings (SSSR count). The quantitative estimate of drug-likeness (QED) is 0.794. The minimum atomic E-state index is -0.532. The van der Waals surface area contributed by atoms with Crippen molar-refractivity contribution in [2.24, 2.45) is 5.92 Å². The lowest BCUT2D eigenvalue weighted by Crippen LogP contribution is -2.52. The molecule has 1 N–H and O–H groups in total. The first-order valence-electron chi connectivity index (χ1n) is 9.55. The molecule has 0 radical (unpaired) electrons. The van der Waals surface area contributed by atoms with E-state index in [0.717, 1.165) is 24.0 Å². The molecule has 0 aliphatic carbocycles. The van der Waals surface area contributed by atoms with E-state index in [1.807, 2.05) is 0 Å². The number of nitrogens with one attached hydrogen (secondary N) is 1. The number of piperidine rings is 1. The first kappa shape index (κ1) is 19.0. The highest BCUT2D eigenvalue weighted by Gasteiger charge is 2.47. The van der Waals surface area contributed by atoms with Gasteiger partial charge in [-0.1, -0.05) is 24.3 Å². The van der Waals surface area contributed by atoms with Gasteiger partial charge in [0.1, 0.15) is 17.7 Å². The largest absolute Gasteiger partial charge is 0.469 e. The van der Waals surface area contributed by atoms with Crippen molar-refractivity contribution < 1.29 is 23.0 Å². The van der Waals surface area contributed by atoms with Crippen LogP contribution in [-0.2, 0) is 14.3 Å². The molecule has 2 fully saturated rings. The van der Waals surface area contributed by atoms with E-state index in [9.17, 15) is 13.6 Å². The number of halogens is 2. The highest BCUT2D eigenvalue weighted by Crippen LogP contribution is 2.38. The summed E-state index contributed by atoms with van der Waals surface area (Å²) < 4.78 is 38.4. The molecule has 2 aromatic carbocycles. The molecule has 2 aromatic rings. The van der Waals surface area contributed by atoms with Crippen molar-refractivity contribution in [1.82, 2.24) is 5.32 Å². The number of ether oxygens (including phenoxy) is 2. The zero-order chi connectivity index (χ0) is 19.7. The number of hydrogen-bond acceptors (Lipinski definition) is 4. The molecule has 2 heterocycles. The Morgan fingerprint density at radius 2 is 1.57 bits per heavy atom. The van der Waals surface area contributed by atoms with Crippen LogP contribution in [0, 0.1) is 17.6 Å². The minimum Gasteiger partial charge on any atom is -0.469 e. The van der Waals surface area contributed by atoms with E-state index in [-0.39, 0.29) is 29.7 Å². The van der Waals surface area contributed by atoms with Gasteiger partial charge in [-0.2, -0.15) is 0 Å². The number of fused-ring (bicyclic) bond motifs is 2. The number of benzene rings is 2. The summed E-state index contributed by atoms with van der Waals surface area (Å²) in [5.74, 6) is -1.38. The van der Waals surface area contributed by atoms with Crippen molar-refractivity contribution in [3.63, 3.8) is 0 Å². The molecular weight excluding hydrogens is 364 g/mol. The van der Waals surface area contributed by atoms with Gasteiger partial charge in [0.2, 0.25) is 0 Å². The van der Waals surface area contributed by atoms with Crippen molar-refractivity contribution in [2.45, 2.75) is 43.6 Å². The first-order chi connectivity index (χ1) is 13.5. The average molecular weight is 387 g/mol. The maximum atomic E-state index is 13.4. The van der Waals surface area contributed by atoms with Crippen LogP contribution in [0.25, 0.3) is 0 Å². The molecule has 0 spiro atoms. The Morgan fingerprint density at radius 1 is 1.00 bits per heavy atom. The number of carbonyl (C=O) groups excluding carboxylic acids is 1. The van der Waals surface area contributed by atoms with Crippen LogP contribution in [0.1, 0.15) is 36.5 Å². The van der Waals surface area contributed by atoms with Crippen molar-refractivity contribution >= 4 is 5.97 Å². The molecule has 2 saturated heterocycles. The van der Waals surface area contributed by atoms with Crippen LogP contribution in [0.3, 0.4) is 0 Å². The second-order valence-electron chi connectivity index (χ2n) is 7.49. The minimum absolute atomic E-state index is 0.0262. The summed E-state index contributed by atoms with van der Waals surface area (Å²) in [6.45, 7) is 0. The van der Waals surface area contributed by atoms with E-state index in [1.165, 1.54) is 31.4 Å². The SMILES string of the molecule is COC(=O)[C@@H]1C2CCC(C[C@H]1OC(c1ccc(F)cc1)c1ccc(F)cc1)N2. The summed E-state index contributed by atoms with van der Waals surface area (Å²) in [7, 11) is 1.39. The number of carbonyl (C=O) groups is 1. The molecule has 2 aliphatic rings. The summed E-state index contributed by atoms with van der Waals surface area (Å²) in [6.07, 6.45) is 1.72. The maximum absolute atomic E-state index is 13.4. The smallest absolute Gasteiger partial charge is 0.312 e. The van der Waals surface area contributed by atoms with Crippen molar-refractivity contribution in [3.05, 3.63) is 71.3 Å². The lowest BCUT2D eigenvalue weighted by molar-refractivity contribution is -0.157. The maximum Gasteiger partial charge on any atom is 0.312 e. The second-order valence-corrected chi connectivity index (χ2v) is 7.49. The summed E-state index contributed by atoms with van der Waals surface area (Å²) in [5, 5.41) is 3.47. The van der Waals surface area contributed by atoms with E-state index in [2.05, 4.69) is 5.32 Å². The second kappa shape index (κ2) is 7.97. The van der Waals surface area contributed by atoms with Gasteiger partial charge in [-0.15, -0.1) is 0 Å². The van der Waals surface area contributed by atoms with E-state index in [0.29, 0.717) is 12.5 Å². The van der Waals surface area contributed by atoms with Gasteiger partial charge >= 0.3 is 5.97 Å². The predicted molar refractivity (Wildman–Crippen MR) is 99.6 cm³/mol. The van der Waals surface area contributed by atoms with Gasteiger partial charge < -0.3 is 14.8 Å². The third kappa shape index (κ3) is 3.80. The van der Waals surface area contributed by atoms with E-state index in [1.54, 1.807) is 24.3 Å². The van der Waals surface area contributed by atoms with Crippen LogP contribution in [0.2, 0.25) is 0 Å². The van der Waals surface area contributed by atoms with Gasteiger partial charge in [0.05, 0.1) is 19.1 Å². The standard InChI is InChI=1S/C22H23F2NO3/c1-27-22(26)20-18-11-10-17(25-18)12-19(20)28-21(13-2-6-15(23)7-3-13)14-4-8-16(24)9-5-14/h2-9,17-21,25H,10-12H2,1H3/t17?,18?,19-,20-/m1/s1. The zero-order valence-electron chi connectivity index (χ0n) is 15.6. The van der Waals surface area contributed by atoms with Crippen LogP contribution in [0.15, 0.2) is 48.5 Å². The molecule has 148 valence electrons. The van der Waals surface area contributed by atoms with Gasteiger partial charge in [0.25, 0.3) is 0 Å². The van der Waals surface area contributed by atoms with Crippen LogP contribution >= 0.6 is 0 Å². The average Bonchev–Trinajstić information content (AvgIpc) is 3.08. The molecular formula is C22H23F2NO3. The van der Waals surface area contributed by atoms with Crippen LogP contribution < -0.4 is 5.32 Å². The van der Waals surface area contributed by atoms with Crippen molar-refractivity contribution in [1.29, 1.82) is 0 Å². The normalized spacial score (nSPS) is 26.4. The topological polar surface area (TPSA) is 47.6 Å². The molecule has 2 bridgehead atoms. The summed E-state index contributed by atoms with van der Waals surface area (Å²) in [6, 6.07) is 12.5. The van der Waals surface area contributed by atoms with Crippen molar-refractivity contribution in [3.8, 4) is 0 Å². The number of methoxy groups -OCH3 is 1. The first-order valence-corrected chi connectivity index (χ1v) is 9.55. The fraction of sp³-hybridized carbons (Fsp3) is 0.409. The lowest BCUT2D eigenvalue weighted by Gasteiger charge is -2.37. The highest BCUT2D eigenvalue weighted by molar-refractivity contribution is 5.74. The molecule has 28 heavy (non-hydrogen) atoms. The zero-order valence-corrected chi connectivity index (χ0v) is 15.6. The van der Waals surface area contributed by atoms with Gasteiger partial charge in [-0.25, -0.2) is 8.78 Å². The molecule has 0 saturated carbocycles. The third-order valence-corrected chi connectivity index (χ3v) is 5.76. The molecule has 2 unspecified atom stereocenters. The number of esters is 1. The Balaban J connectivity index is 1.67. The van der Waals surface area contributed by atoms with Gasteiger partial charge in [0, 0.05) is 12.1 Å². The molecule has 0 aromatic heterocycles. The molecule has 6 heteroatoms. The Hall–Kier alpha value is -2.31. The summed E-state index contributed by atoms with van der Waals surface area (Å²) >= 11 is 0. The van der Waals surface area contributed by atoms with E-state index >= 15 is 0 Å². The van der Waals surface area contributed by atoms with E-state index in [4.69, 9.17) is 9.47 Å². The van der Waals surface area contributed by atoms with Crippen molar-refractivity contribution in [2.75, 3.05) is 7.11 Å². The fourth-order valence-electron chi connectivity index (χ4n) is 4.40. The molecule has 0 amide bonds. The molecule has 4 nitrogen and oxygen atoms in total. The highest BCUT2D eigenvalue weighted by atomic mass is 19.1. The Bertz CT molecular complexity index is 779. The lowest BCUT2D eigenvalue weighted by atomic mass is 9.88. The fourth-order valence-corrected chi connectivity index (χ4v) is 4.40. The monoisotopic (exact) mass is 387 g/mol. The Kier molecular flexibility index (Phi) is 5.42. The van der Waals surface area contributed by atoms with Gasteiger partial charge in [-0.3, -0.25) is 4.79 Å². The number of hydrogen-bond donors (Lipinski definition) is 1. The van der Waals surface area contributed by atoms with Gasteiger partial charge in [-0.05, 0) is 54.7 Å². The van der Waals surface area contributed by atoms with Crippen LogP contribution in [0.4, 0.5) is 8.78 Å². The molecule has 4 atom stereocenters. The number of rotatable bonds is 5. The third-order valence-electron chi connectivity index (χ3n) is 5.76. The Labute approximate surface area is 162 Å². The van der Waals surface area contributed by atoms with Gasteiger partial charge in [0.15, 0.2) is 0 Å². The summed E-state index contributed by atoms with van der Waals surface area (Å²) in [4.78, 5) is 12.5. The van der Waals surface area contributed by atoms with Crippen LogP contribution in [-0.4, -0.2) is 31.3 Å². The molecule has 2 aliphatic heterocycles. The summed E-state index contributed by atoms with van der Waals surface area (Å²) in [5.41, 5.74) is 1.50. The Morgan fingerprint density at radius 3 is 2.11 bits per heavy atom. The van der Waals surface area contributed by atoms with Crippen LogP contribution in [0.5, 0.6) is 0 Å². The predicted octanol–water partition coefficient (Wildman–Crippen LogP) is 3.75.